The number of halogens is 1. The normalized spacial score (nSPS) is 10.2. The number of pyridine rings is 1. The molecule has 0 atom stereocenters. The molecule has 0 bridgehead atoms. The molecule has 6 heteroatoms. The van der Waals surface area contributed by atoms with Gasteiger partial charge in [0.25, 0.3) is 0 Å². The molecule has 134 valence electrons. The summed E-state index contributed by atoms with van der Waals surface area (Å²) in [7, 11) is 0. The van der Waals surface area contributed by atoms with Crippen LogP contribution in [-0.2, 0) is 6.42 Å². The Morgan fingerprint density at radius 1 is 1.15 bits per heavy atom. The first kappa shape index (κ1) is 18.4. The van der Waals surface area contributed by atoms with Gasteiger partial charge in [-0.25, -0.2) is 4.79 Å². The summed E-state index contributed by atoms with van der Waals surface area (Å²) in [5.74, 6) is -0.747. The highest BCUT2D eigenvalue weighted by molar-refractivity contribution is 6.31. The first-order chi connectivity index (χ1) is 13.1. The molecule has 0 amide bonds. The molecule has 0 saturated carbocycles. The van der Waals surface area contributed by atoms with Crippen LogP contribution in [0, 0.1) is 11.3 Å². The van der Waals surface area contributed by atoms with E-state index in [2.05, 4.69) is 11.1 Å². The smallest absolute Gasteiger partial charge is 0.337 e. The number of hydrogen-bond acceptors (Lipinski definition) is 4. The Kier molecular flexibility index (Phi) is 5.70. The van der Waals surface area contributed by atoms with Gasteiger partial charge >= 0.3 is 5.97 Å². The van der Waals surface area contributed by atoms with Gasteiger partial charge in [-0.2, -0.15) is 5.26 Å². The molecule has 3 rings (SSSR count). The Balaban J connectivity index is 1.95. The number of aromatic nitrogens is 1. The summed E-state index contributed by atoms with van der Waals surface area (Å²) >= 11 is 6.17. The Morgan fingerprint density at radius 2 is 1.96 bits per heavy atom. The maximum Gasteiger partial charge on any atom is 0.337 e. The van der Waals surface area contributed by atoms with Crippen molar-refractivity contribution in [3.63, 3.8) is 0 Å². The van der Waals surface area contributed by atoms with Crippen molar-refractivity contribution in [3.05, 3.63) is 82.6 Å². The van der Waals surface area contributed by atoms with Crippen LogP contribution in [0.1, 0.15) is 21.5 Å². The predicted molar refractivity (Wildman–Crippen MR) is 102 cm³/mol. The van der Waals surface area contributed by atoms with Crippen LogP contribution in [0.2, 0.25) is 5.02 Å². The monoisotopic (exact) mass is 378 g/mol. The largest absolute Gasteiger partial charge is 0.491 e. The van der Waals surface area contributed by atoms with Gasteiger partial charge in [0.05, 0.1) is 17.7 Å². The van der Waals surface area contributed by atoms with Crippen molar-refractivity contribution in [1.29, 1.82) is 5.26 Å². The van der Waals surface area contributed by atoms with Gasteiger partial charge in [-0.3, -0.25) is 4.98 Å². The number of hydrogen-bond donors (Lipinski definition) is 1. The zero-order valence-electron chi connectivity index (χ0n) is 14.2. The maximum atomic E-state index is 11.5. The molecule has 0 aliphatic carbocycles. The zero-order valence-corrected chi connectivity index (χ0v) is 15.0. The molecule has 0 saturated heterocycles. The summed E-state index contributed by atoms with van der Waals surface area (Å²) in [6.07, 6.45) is 3.35. The number of ether oxygens (including phenoxy) is 1. The lowest BCUT2D eigenvalue weighted by molar-refractivity contribution is 0.0697. The van der Waals surface area contributed by atoms with E-state index in [0.29, 0.717) is 40.5 Å². The third-order valence-electron chi connectivity index (χ3n) is 4.05. The van der Waals surface area contributed by atoms with Crippen LogP contribution in [-0.4, -0.2) is 22.7 Å². The second-order valence-electron chi connectivity index (χ2n) is 5.71. The minimum Gasteiger partial charge on any atom is -0.491 e. The van der Waals surface area contributed by atoms with E-state index in [0.717, 1.165) is 5.56 Å². The average molecular weight is 379 g/mol. The van der Waals surface area contributed by atoms with Crippen molar-refractivity contribution in [2.45, 2.75) is 6.42 Å². The molecular weight excluding hydrogens is 364 g/mol. The average Bonchev–Trinajstić information content (AvgIpc) is 2.69. The molecule has 1 N–H and O–H groups in total. The van der Waals surface area contributed by atoms with Gasteiger partial charge in [0, 0.05) is 35.0 Å². The maximum absolute atomic E-state index is 11.5. The van der Waals surface area contributed by atoms with Crippen molar-refractivity contribution in [3.8, 4) is 22.9 Å². The Morgan fingerprint density at radius 3 is 2.70 bits per heavy atom. The van der Waals surface area contributed by atoms with Crippen LogP contribution in [0.4, 0.5) is 0 Å². The van der Waals surface area contributed by atoms with Gasteiger partial charge in [-0.1, -0.05) is 41.9 Å². The van der Waals surface area contributed by atoms with E-state index in [9.17, 15) is 15.2 Å². The van der Waals surface area contributed by atoms with Crippen molar-refractivity contribution >= 4 is 17.6 Å². The molecular formula is C21H15ClN2O3. The van der Waals surface area contributed by atoms with Crippen LogP contribution < -0.4 is 4.74 Å². The van der Waals surface area contributed by atoms with Gasteiger partial charge in [0.15, 0.2) is 0 Å². The van der Waals surface area contributed by atoms with E-state index in [1.165, 1.54) is 12.4 Å². The second-order valence-corrected chi connectivity index (χ2v) is 6.12. The van der Waals surface area contributed by atoms with Crippen molar-refractivity contribution < 1.29 is 14.6 Å². The standard InChI is InChI=1S/C21H15ClN2O3/c22-19-7-2-1-4-14(19)9-11-27-20-15(12-23)5-3-6-17(20)16-8-10-24-13-18(16)21(25)26/h1-8,10,13H,9,11H2,(H,25,26). The Labute approximate surface area is 161 Å². The van der Waals surface area contributed by atoms with Crippen molar-refractivity contribution in [2.24, 2.45) is 0 Å². The fourth-order valence-electron chi connectivity index (χ4n) is 2.76. The number of aromatic carboxylic acids is 1. The van der Waals surface area contributed by atoms with Gasteiger partial charge < -0.3 is 9.84 Å². The molecule has 3 aromatic rings. The number of carboxylic acid groups (broad SMARTS) is 1. The number of nitriles is 1. The minimum atomic E-state index is -1.09. The highest BCUT2D eigenvalue weighted by Gasteiger charge is 2.18. The SMILES string of the molecule is N#Cc1cccc(-c2ccncc2C(=O)O)c1OCCc1ccccc1Cl. The molecule has 0 spiro atoms. The molecule has 1 aromatic heterocycles. The molecule has 0 aliphatic rings. The first-order valence-corrected chi connectivity index (χ1v) is 8.56. The van der Waals surface area contributed by atoms with Crippen LogP contribution in [0.3, 0.4) is 0 Å². The van der Waals surface area contributed by atoms with E-state index in [1.807, 2.05) is 24.3 Å². The molecule has 0 unspecified atom stereocenters. The molecule has 0 radical (unpaired) electrons. The number of carbonyl (C=O) groups is 1. The van der Waals surface area contributed by atoms with Gasteiger partial charge in [-0.05, 0) is 23.8 Å². The molecule has 0 fully saturated rings. The van der Waals surface area contributed by atoms with E-state index < -0.39 is 5.97 Å². The molecule has 0 aliphatic heterocycles. The Hall–Kier alpha value is -3.36. The highest BCUT2D eigenvalue weighted by atomic mass is 35.5. The van der Waals surface area contributed by atoms with Crippen LogP contribution >= 0.6 is 11.6 Å². The highest BCUT2D eigenvalue weighted by Crippen LogP contribution is 2.35. The quantitative estimate of drug-likeness (QED) is 0.678. The summed E-state index contributed by atoms with van der Waals surface area (Å²) in [5.41, 5.74) is 2.30. The number of rotatable bonds is 6. The molecule has 27 heavy (non-hydrogen) atoms. The van der Waals surface area contributed by atoms with Gasteiger partial charge in [0.2, 0.25) is 0 Å². The zero-order chi connectivity index (χ0) is 19.2. The fourth-order valence-corrected chi connectivity index (χ4v) is 2.99. The van der Waals surface area contributed by atoms with Crippen molar-refractivity contribution in [1.82, 2.24) is 4.98 Å². The minimum absolute atomic E-state index is 0.0449. The third kappa shape index (κ3) is 4.08. The molecule has 1 heterocycles. The number of nitrogens with zero attached hydrogens (tertiary/aromatic N) is 2. The van der Waals surface area contributed by atoms with Gasteiger partial charge in [-0.15, -0.1) is 0 Å². The second kappa shape index (κ2) is 8.35. The van der Waals surface area contributed by atoms with E-state index in [-0.39, 0.29) is 5.56 Å². The predicted octanol–water partition coefficient (Wildman–Crippen LogP) is 4.59. The summed E-state index contributed by atoms with van der Waals surface area (Å²) < 4.78 is 5.91. The van der Waals surface area contributed by atoms with E-state index in [1.54, 1.807) is 24.3 Å². The third-order valence-corrected chi connectivity index (χ3v) is 4.42. The lowest BCUT2D eigenvalue weighted by Crippen LogP contribution is -2.06. The molecule has 2 aromatic carbocycles. The number of benzene rings is 2. The molecule has 5 nitrogen and oxygen atoms in total. The van der Waals surface area contributed by atoms with Gasteiger partial charge in [0.1, 0.15) is 11.8 Å². The van der Waals surface area contributed by atoms with Crippen LogP contribution in [0.15, 0.2) is 60.9 Å². The lowest BCUT2D eigenvalue weighted by Gasteiger charge is -2.15. The summed E-state index contributed by atoms with van der Waals surface area (Å²) in [5, 5.41) is 19.5. The summed E-state index contributed by atoms with van der Waals surface area (Å²) in [6.45, 7) is 0.295. The van der Waals surface area contributed by atoms with E-state index >= 15 is 0 Å². The lowest BCUT2D eigenvalue weighted by atomic mass is 9.98. The summed E-state index contributed by atoms with van der Waals surface area (Å²) in [4.78, 5) is 15.4. The number of carboxylic acids is 1. The van der Waals surface area contributed by atoms with Crippen LogP contribution in [0.5, 0.6) is 5.75 Å². The summed E-state index contributed by atoms with van der Waals surface area (Å²) in [6, 6.07) is 16.2. The van der Waals surface area contributed by atoms with Crippen LogP contribution in [0.25, 0.3) is 11.1 Å². The van der Waals surface area contributed by atoms with E-state index in [4.69, 9.17) is 16.3 Å². The topological polar surface area (TPSA) is 83.2 Å². The number of para-hydroxylation sites is 1. The first-order valence-electron chi connectivity index (χ1n) is 8.19. The fraction of sp³-hybridized carbons (Fsp3) is 0.0952. The van der Waals surface area contributed by atoms with Crippen molar-refractivity contribution in [2.75, 3.05) is 6.61 Å². The Bertz CT molecular complexity index is 1030.